The first-order valence-electron chi connectivity index (χ1n) is 12.5. The Bertz CT molecular complexity index is 1230. The van der Waals surface area contributed by atoms with E-state index in [1.54, 1.807) is 18.2 Å². The van der Waals surface area contributed by atoms with Gasteiger partial charge in [0.25, 0.3) is 5.91 Å². The molecule has 8 nitrogen and oxygen atoms in total. The molecule has 2 heterocycles. The third kappa shape index (κ3) is 5.58. The molecule has 2 aromatic rings. The second-order valence-corrected chi connectivity index (χ2v) is 13.7. The van der Waals surface area contributed by atoms with Crippen LogP contribution in [-0.4, -0.2) is 47.6 Å². The number of alkyl halides is 2. The number of rotatable bonds is 7. The molecule has 4 rings (SSSR count). The van der Waals surface area contributed by atoms with Gasteiger partial charge in [-0.05, 0) is 55.1 Å². The third-order valence-corrected chi connectivity index (χ3v) is 8.69. The molecule has 1 amide bonds. The van der Waals surface area contributed by atoms with E-state index in [4.69, 9.17) is 4.52 Å². The second-order valence-electron chi connectivity index (χ2n) is 12.0. The van der Waals surface area contributed by atoms with Gasteiger partial charge in [-0.2, -0.15) is 8.78 Å². The van der Waals surface area contributed by atoms with Crippen LogP contribution in [0.1, 0.15) is 77.3 Å². The van der Waals surface area contributed by atoms with E-state index in [0.29, 0.717) is 19.3 Å². The van der Waals surface area contributed by atoms with Crippen molar-refractivity contribution in [1.29, 1.82) is 0 Å². The summed E-state index contributed by atoms with van der Waals surface area (Å²) in [5, 5.41) is 15.2. The fraction of sp³-hybridized carbons (Fsp3) is 0.615. The molecule has 0 spiro atoms. The molecule has 11 heteroatoms. The van der Waals surface area contributed by atoms with Crippen LogP contribution in [0.4, 0.5) is 8.78 Å². The number of amides is 1. The highest BCUT2D eigenvalue weighted by Crippen LogP contribution is 2.55. The SMILES string of the molecule is CC1(C)CC(C)(C)CC(O)(C(F)(F)C(=O)N2CCCC2c2cc(CNS(=O)(=O)c3ccccc3)on2)C1. The van der Waals surface area contributed by atoms with E-state index < -0.39 is 44.3 Å². The molecule has 0 bridgehead atoms. The lowest BCUT2D eigenvalue weighted by molar-refractivity contribution is -0.231. The molecule has 204 valence electrons. The highest BCUT2D eigenvalue weighted by molar-refractivity contribution is 7.89. The molecule has 1 aliphatic heterocycles. The molecule has 1 aromatic heterocycles. The van der Waals surface area contributed by atoms with Crippen molar-refractivity contribution >= 4 is 15.9 Å². The molecule has 1 atom stereocenters. The summed E-state index contributed by atoms with van der Waals surface area (Å²) in [6, 6.07) is 8.55. The number of carbonyl (C=O) groups excluding carboxylic acids is 1. The second kappa shape index (κ2) is 9.43. The Labute approximate surface area is 216 Å². The van der Waals surface area contributed by atoms with E-state index in [1.807, 2.05) is 27.7 Å². The lowest BCUT2D eigenvalue weighted by Gasteiger charge is -2.51. The number of nitrogens with zero attached hydrogens (tertiary/aromatic N) is 2. The number of sulfonamides is 1. The molecule has 2 fully saturated rings. The summed E-state index contributed by atoms with van der Waals surface area (Å²) >= 11 is 0. The van der Waals surface area contributed by atoms with Crippen molar-refractivity contribution in [2.24, 2.45) is 10.8 Å². The number of likely N-dealkylation sites (tertiary alicyclic amines) is 1. The summed E-state index contributed by atoms with van der Waals surface area (Å²) < 4.78 is 64.1. The van der Waals surface area contributed by atoms with Crippen LogP contribution in [0.15, 0.2) is 45.8 Å². The standard InChI is InChI=1S/C26H35F2N3O5S/c1-23(2)15-24(3,4)17-25(33,16-23)26(27,28)22(32)31-12-8-11-21(31)20-13-18(36-30-20)14-29-37(34,35)19-9-6-5-7-10-19/h5-7,9-10,13,21,29,33H,8,11-12,14-17H2,1-4H3. The van der Waals surface area contributed by atoms with E-state index in [2.05, 4.69) is 9.88 Å². The van der Waals surface area contributed by atoms with Gasteiger partial charge in [-0.3, -0.25) is 4.79 Å². The number of aromatic nitrogens is 1. The van der Waals surface area contributed by atoms with Gasteiger partial charge in [0, 0.05) is 12.6 Å². The Hall–Kier alpha value is -2.37. The largest absolute Gasteiger partial charge is 0.383 e. The normalized spacial score (nSPS) is 23.2. The number of benzene rings is 1. The van der Waals surface area contributed by atoms with Crippen LogP contribution >= 0.6 is 0 Å². The number of carbonyl (C=O) groups is 1. The van der Waals surface area contributed by atoms with Gasteiger partial charge < -0.3 is 14.5 Å². The van der Waals surface area contributed by atoms with E-state index in [-0.39, 0.29) is 42.3 Å². The Morgan fingerprint density at radius 1 is 1.16 bits per heavy atom. The topological polar surface area (TPSA) is 113 Å². The van der Waals surface area contributed by atoms with Crippen LogP contribution in [0.5, 0.6) is 0 Å². The fourth-order valence-corrected chi connectivity index (χ4v) is 7.42. The van der Waals surface area contributed by atoms with E-state index in [1.165, 1.54) is 18.2 Å². The highest BCUT2D eigenvalue weighted by atomic mass is 32.2. The van der Waals surface area contributed by atoms with E-state index >= 15 is 8.78 Å². The molecule has 1 aromatic carbocycles. The average Bonchev–Trinajstić information content (AvgIpc) is 3.44. The number of hydrogen-bond donors (Lipinski definition) is 2. The van der Waals surface area contributed by atoms with Gasteiger partial charge in [0.15, 0.2) is 5.76 Å². The predicted octanol–water partition coefficient (Wildman–Crippen LogP) is 4.42. The first kappa shape index (κ1) is 27.7. The lowest BCUT2D eigenvalue weighted by atomic mass is 9.58. The molecule has 1 unspecified atom stereocenters. The summed E-state index contributed by atoms with van der Waals surface area (Å²) in [6.07, 6.45) is 1.19. The molecule has 37 heavy (non-hydrogen) atoms. The van der Waals surface area contributed by atoms with Crippen LogP contribution in [0, 0.1) is 10.8 Å². The van der Waals surface area contributed by atoms with Gasteiger partial charge in [-0.1, -0.05) is 51.1 Å². The minimum atomic E-state index is -3.98. The van der Waals surface area contributed by atoms with Crippen LogP contribution < -0.4 is 4.72 Å². The van der Waals surface area contributed by atoms with Gasteiger partial charge in [-0.25, -0.2) is 13.1 Å². The van der Waals surface area contributed by atoms with Gasteiger partial charge in [-0.15, -0.1) is 0 Å². The Morgan fingerprint density at radius 2 is 1.78 bits per heavy atom. The predicted molar refractivity (Wildman–Crippen MR) is 132 cm³/mol. The molecule has 1 saturated heterocycles. The van der Waals surface area contributed by atoms with Crippen LogP contribution in [0.25, 0.3) is 0 Å². The molecule has 0 radical (unpaired) electrons. The number of hydrogen-bond acceptors (Lipinski definition) is 6. The van der Waals surface area contributed by atoms with Crippen LogP contribution in [0.3, 0.4) is 0 Å². The van der Waals surface area contributed by atoms with Crippen molar-refractivity contribution in [3.63, 3.8) is 0 Å². The van der Waals surface area contributed by atoms with E-state index in [9.17, 15) is 18.3 Å². The summed E-state index contributed by atoms with van der Waals surface area (Å²) in [4.78, 5) is 14.4. The van der Waals surface area contributed by atoms with Crippen molar-refractivity contribution in [2.45, 2.75) is 88.8 Å². The van der Waals surface area contributed by atoms with Gasteiger partial charge in [0.2, 0.25) is 10.0 Å². The Kier molecular flexibility index (Phi) is 7.05. The minimum absolute atomic E-state index is 0.0940. The minimum Gasteiger partial charge on any atom is -0.383 e. The first-order chi connectivity index (χ1) is 17.1. The first-order valence-corrected chi connectivity index (χ1v) is 14.0. The Morgan fingerprint density at radius 3 is 2.41 bits per heavy atom. The maximum atomic E-state index is 15.8. The van der Waals surface area contributed by atoms with Crippen molar-refractivity contribution in [3.8, 4) is 0 Å². The van der Waals surface area contributed by atoms with Crippen molar-refractivity contribution in [2.75, 3.05) is 6.54 Å². The monoisotopic (exact) mass is 539 g/mol. The van der Waals surface area contributed by atoms with Gasteiger partial charge in [0.1, 0.15) is 11.3 Å². The summed E-state index contributed by atoms with van der Waals surface area (Å²) in [6.45, 7) is 7.25. The average molecular weight is 540 g/mol. The number of halogens is 2. The van der Waals surface area contributed by atoms with Gasteiger partial charge in [0.05, 0.1) is 17.5 Å². The zero-order chi connectivity index (χ0) is 27.3. The van der Waals surface area contributed by atoms with Crippen molar-refractivity contribution in [1.82, 2.24) is 14.8 Å². The van der Waals surface area contributed by atoms with Crippen LogP contribution in [0.2, 0.25) is 0 Å². The van der Waals surface area contributed by atoms with Gasteiger partial charge >= 0.3 is 5.92 Å². The molecule has 2 N–H and O–H groups in total. The Balaban J connectivity index is 1.50. The number of aliphatic hydroxyl groups is 1. The maximum Gasteiger partial charge on any atom is 0.352 e. The molecular formula is C26H35F2N3O5S. The highest BCUT2D eigenvalue weighted by Gasteiger charge is 2.65. The molecule has 2 aliphatic rings. The summed E-state index contributed by atoms with van der Waals surface area (Å²) in [5.74, 6) is -5.21. The zero-order valence-electron chi connectivity index (χ0n) is 21.6. The van der Waals surface area contributed by atoms with E-state index in [0.717, 1.165) is 4.90 Å². The molecular weight excluding hydrogens is 504 g/mol. The maximum absolute atomic E-state index is 15.8. The third-order valence-electron chi connectivity index (χ3n) is 7.27. The zero-order valence-corrected chi connectivity index (χ0v) is 22.4. The van der Waals surface area contributed by atoms with Crippen molar-refractivity contribution < 1.29 is 31.6 Å². The molecule has 1 aliphatic carbocycles. The smallest absolute Gasteiger partial charge is 0.352 e. The van der Waals surface area contributed by atoms with Crippen LogP contribution in [-0.2, 0) is 21.4 Å². The molecule has 1 saturated carbocycles. The summed E-state index contributed by atoms with van der Waals surface area (Å²) in [7, 11) is -3.78. The lowest BCUT2D eigenvalue weighted by Crippen LogP contribution is -2.62. The number of nitrogens with one attached hydrogen (secondary N) is 1. The quantitative estimate of drug-likeness (QED) is 0.539. The fourth-order valence-electron chi connectivity index (χ4n) is 6.40. The summed E-state index contributed by atoms with van der Waals surface area (Å²) in [5.41, 5.74) is -3.31. The van der Waals surface area contributed by atoms with Crippen molar-refractivity contribution in [3.05, 3.63) is 47.9 Å².